The molecule has 0 spiro atoms. The Labute approximate surface area is 83.3 Å². The molecule has 3 N–H and O–H groups in total. The number of amides is 1. The molecule has 1 aromatic rings. The van der Waals surface area contributed by atoms with Crippen molar-refractivity contribution >= 4 is 5.91 Å². The maximum Gasteiger partial charge on any atom is 0.271 e. The molecular weight excluding hydrogens is 180 g/mol. The van der Waals surface area contributed by atoms with Gasteiger partial charge in [0.05, 0.1) is 0 Å². The Morgan fingerprint density at radius 1 is 1.79 bits per heavy atom. The van der Waals surface area contributed by atoms with Crippen LogP contribution >= 0.6 is 0 Å². The van der Waals surface area contributed by atoms with Crippen LogP contribution in [0, 0.1) is 6.92 Å². The molecule has 5 heteroatoms. The third kappa shape index (κ3) is 2.56. The molecule has 1 unspecified atom stereocenters. The van der Waals surface area contributed by atoms with Crippen LogP contribution in [0.25, 0.3) is 0 Å². The summed E-state index contributed by atoms with van der Waals surface area (Å²) < 4.78 is 1.67. The third-order valence-corrected chi connectivity index (χ3v) is 1.93. The van der Waals surface area contributed by atoms with Gasteiger partial charge in [-0.25, -0.2) is 0 Å². The number of aryl methyl sites for hydroxylation is 2. The molecule has 78 valence electrons. The summed E-state index contributed by atoms with van der Waals surface area (Å²) >= 11 is 0. The van der Waals surface area contributed by atoms with Gasteiger partial charge in [0.25, 0.3) is 5.91 Å². The van der Waals surface area contributed by atoms with Crippen LogP contribution in [-0.2, 0) is 7.05 Å². The third-order valence-electron chi connectivity index (χ3n) is 1.93. The number of nitrogens with zero attached hydrogens (tertiary/aromatic N) is 2. The number of carbonyl (C=O) groups excluding carboxylic acids is 1. The van der Waals surface area contributed by atoms with Crippen molar-refractivity contribution in [2.24, 2.45) is 12.8 Å². The van der Waals surface area contributed by atoms with E-state index in [1.54, 1.807) is 17.8 Å². The second kappa shape index (κ2) is 4.23. The van der Waals surface area contributed by atoms with E-state index in [2.05, 4.69) is 10.4 Å². The molecule has 0 fully saturated rings. The Morgan fingerprint density at radius 2 is 2.43 bits per heavy atom. The second-order valence-corrected chi connectivity index (χ2v) is 3.48. The van der Waals surface area contributed by atoms with Gasteiger partial charge in [-0.15, -0.1) is 0 Å². The standard InChI is InChI=1S/C9H16N4O/c1-6(10)5-11-9(14)8-4-7(2)13(3)12-8/h4,6H,5,10H2,1-3H3,(H,11,14). The molecule has 14 heavy (non-hydrogen) atoms. The van der Waals surface area contributed by atoms with Gasteiger partial charge in [0, 0.05) is 25.3 Å². The molecule has 0 aromatic carbocycles. The van der Waals surface area contributed by atoms with Gasteiger partial charge in [-0.05, 0) is 19.9 Å². The molecule has 1 aromatic heterocycles. The van der Waals surface area contributed by atoms with E-state index >= 15 is 0 Å². The molecule has 1 atom stereocenters. The average molecular weight is 196 g/mol. The summed E-state index contributed by atoms with van der Waals surface area (Å²) in [6.45, 7) is 4.20. The Balaban J connectivity index is 2.61. The van der Waals surface area contributed by atoms with Gasteiger partial charge in [0.2, 0.25) is 0 Å². The Bertz CT molecular complexity index is 310. The summed E-state index contributed by atoms with van der Waals surface area (Å²) in [5.41, 5.74) is 6.90. The minimum absolute atomic E-state index is 0.0382. The first kappa shape index (κ1) is 10.7. The number of carbonyl (C=O) groups is 1. The quantitative estimate of drug-likeness (QED) is 0.703. The smallest absolute Gasteiger partial charge is 0.271 e. The first-order valence-electron chi connectivity index (χ1n) is 4.55. The van der Waals surface area contributed by atoms with E-state index in [0.29, 0.717) is 12.2 Å². The molecule has 1 amide bonds. The minimum Gasteiger partial charge on any atom is -0.349 e. The Morgan fingerprint density at radius 3 is 2.86 bits per heavy atom. The first-order chi connectivity index (χ1) is 6.50. The maximum atomic E-state index is 11.5. The monoisotopic (exact) mass is 196 g/mol. The topological polar surface area (TPSA) is 72.9 Å². The molecular formula is C9H16N4O. The van der Waals surface area contributed by atoms with Crippen molar-refractivity contribution in [2.75, 3.05) is 6.54 Å². The summed E-state index contributed by atoms with van der Waals surface area (Å²) in [5.74, 6) is -0.175. The van der Waals surface area contributed by atoms with Gasteiger partial charge in [-0.2, -0.15) is 5.10 Å². The van der Waals surface area contributed by atoms with Gasteiger partial charge in [0.15, 0.2) is 0 Å². The fourth-order valence-corrected chi connectivity index (χ4v) is 1.02. The molecule has 0 radical (unpaired) electrons. The zero-order valence-electron chi connectivity index (χ0n) is 8.74. The lowest BCUT2D eigenvalue weighted by molar-refractivity contribution is 0.0946. The van der Waals surface area contributed by atoms with Crippen molar-refractivity contribution in [2.45, 2.75) is 19.9 Å². The van der Waals surface area contributed by atoms with Gasteiger partial charge in [-0.3, -0.25) is 9.48 Å². The van der Waals surface area contributed by atoms with Gasteiger partial charge >= 0.3 is 0 Å². The first-order valence-corrected chi connectivity index (χ1v) is 4.55. The second-order valence-electron chi connectivity index (χ2n) is 3.48. The van der Waals surface area contributed by atoms with E-state index in [1.807, 2.05) is 13.8 Å². The summed E-state index contributed by atoms with van der Waals surface area (Å²) in [5, 5.41) is 6.75. The van der Waals surface area contributed by atoms with Crippen LogP contribution in [0.4, 0.5) is 0 Å². The molecule has 0 saturated heterocycles. The van der Waals surface area contributed by atoms with E-state index < -0.39 is 0 Å². The normalized spacial score (nSPS) is 12.6. The number of nitrogens with two attached hydrogens (primary N) is 1. The largest absolute Gasteiger partial charge is 0.349 e. The number of hydrogen-bond donors (Lipinski definition) is 2. The maximum absolute atomic E-state index is 11.5. The van der Waals surface area contributed by atoms with Crippen LogP contribution in [0.1, 0.15) is 23.1 Å². The minimum atomic E-state index is -0.175. The van der Waals surface area contributed by atoms with E-state index in [4.69, 9.17) is 5.73 Å². The van der Waals surface area contributed by atoms with Gasteiger partial charge in [0.1, 0.15) is 5.69 Å². The van der Waals surface area contributed by atoms with Crippen molar-refractivity contribution in [3.8, 4) is 0 Å². The van der Waals surface area contributed by atoms with Crippen molar-refractivity contribution in [1.29, 1.82) is 0 Å². The van der Waals surface area contributed by atoms with Crippen LogP contribution in [0.15, 0.2) is 6.07 Å². The van der Waals surface area contributed by atoms with Crippen LogP contribution < -0.4 is 11.1 Å². The summed E-state index contributed by atoms with van der Waals surface area (Å²) in [4.78, 5) is 11.5. The highest BCUT2D eigenvalue weighted by molar-refractivity contribution is 5.92. The summed E-state index contributed by atoms with van der Waals surface area (Å²) in [6.07, 6.45) is 0. The number of nitrogens with one attached hydrogen (secondary N) is 1. The lowest BCUT2D eigenvalue weighted by atomic mass is 10.3. The zero-order valence-corrected chi connectivity index (χ0v) is 8.74. The van der Waals surface area contributed by atoms with Crippen molar-refractivity contribution < 1.29 is 4.79 Å². The molecule has 1 heterocycles. The summed E-state index contributed by atoms with van der Waals surface area (Å²) in [7, 11) is 1.80. The SMILES string of the molecule is Cc1cc(C(=O)NCC(C)N)nn1C. The lowest BCUT2D eigenvalue weighted by Gasteiger charge is -2.05. The van der Waals surface area contributed by atoms with Gasteiger partial charge in [-0.1, -0.05) is 0 Å². The van der Waals surface area contributed by atoms with E-state index in [0.717, 1.165) is 5.69 Å². The van der Waals surface area contributed by atoms with E-state index in [-0.39, 0.29) is 11.9 Å². The lowest BCUT2D eigenvalue weighted by Crippen LogP contribution is -2.35. The highest BCUT2D eigenvalue weighted by Gasteiger charge is 2.10. The van der Waals surface area contributed by atoms with Crippen molar-refractivity contribution in [1.82, 2.24) is 15.1 Å². The van der Waals surface area contributed by atoms with Crippen molar-refractivity contribution in [3.05, 3.63) is 17.5 Å². The fourth-order valence-electron chi connectivity index (χ4n) is 1.02. The van der Waals surface area contributed by atoms with Gasteiger partial charge < -0.3 is 11.1 Å². The molecule has 0 aliphatic carbocycles. The van der Waals surface area contributed by atoms with E-state index in [1.165, 1.54) is 0 Å². The zero-order chi connectivity index (χ0) is 10.7. The van der Waals surface area contributed by atoms with E-state index in [9.17, 15) is 4.79 Å². The molecule has 0 aliphatic rings. The molecule has 5 nitrogen and oxygen atoms in total. The fraction of sp³-hybridized carbons (Fsp3) is 0.556. The van der Waals surface area contributed by atoms with Crippen molar-refractivity contribution in [3.63, 3.8) is 0 Å². The number of aromatic nitrogens is 2. The molecule has 0 bridgehead atoms. The Kier molecular flexibility index (Phi) is 3.24. The predicted molar refractivity (Wildman–Crippen MR) is 53.9 cm³/mol. The molecule has 0 saturated carbocycles. The van der Waals surface area contributed by atoms with Crippen LogP contribution in [0.5, 0.6) is 0 Å². The average Bonchev–Trinajstić information content (AvgIpc) is 2.43. The van der Waals surface area contributed by atoms with Crippen LogP contribution in [0.3, 0.4) is 0 Å². The molecule has 1 rings (SSSR count). The Hall–Kier alpha value is -1.36. The van der Waals surface area contributed by atoms with Crippen LogP contribution in [-0.4, -0.2) is 28.3 Å². The summed E-state index contributed by atoms with van der Waals surface area (Å²) in [6, 6.07) is 1.71. The highest BCUT2D eigenvalue weighted by Crippen LogP contribution is 2.00. The number of rotatable bonds is 3. The number of hydrogen-bond acceptors (Lipinski definition) is 3. The van der Waals surface area contributed by atoms with Crippen LogP contribution in [0.2, 0.25) is 0 Å². The predicted octanol–water partition coefficient (Wildman–Crippen LogP) is -0.194. The highest BCUT2D eigenvalue weighted by atomic mass is 16.1. The molecule has 0 aliphatic heterocycles.